The molecule has 74 heavy (non-hydrogen) atoms. The molecule has 0 saturated heterocycles. The van der Waals surface area contributed by atoms with Gasteiger partial charge in [0.05, 0.1) is 198 Å². The van der Waals surface area contributed by atoms with E-state index in [4.69, 9.17) is 75.8 Å². The fourth-order valence-corrected chi connectivity index (χ4v) is 8.51. The highest BCUT2D eigenvalue weighted by atomic mass is 32.2. The number of benzene rings is 1. The summed E-state index contributed by atoms with van der Waals surface area (Å²) in [7, 11) is 3.31. The van der Waals surface area contributed by atoms with Crippen molar-refractivity contribution in [3.63, 3.8) is 0 Å². The van der Waals surface area contributed by atoms with E-state index in [-0.39, 0.29) is 16.2 Å². The molecule has 0 aliphatic rings. The molecule has 1 rings (SSSR count). The highest BCUT2D eigenvalue weighted by Crippen LogP contribution is 2.38. The lowest BCUT2D eigenvalue weighted by Gasteiger charge is -2.33. The van der Waals surface area contributed by atoms with E-state index in [0.29, 0.717) is 185 Å². The topological polar surface area (TPSA) is 148 Å². The molecule has 0 N–H and O–H groups in total. The zero-order chi connectivity index (χ0) is 54.0. The van der Waals surface area contributed by atoms with E-state index in [2.05, 4.69) is 66.7 Å². The third-order valence-corrected chi connectivity index (χ3v) is 13.7. The fourth-order valence-electron chi connectivity index (χ4n) is 6.93. The lowest BCUT2D eigenvalue weighted by molar-refractivity contribution is -0.0217. The Labute approximate surface area is 458 Å². The van der Waals surface area contributed by atoms with Crippen LogP contribution in [0.4, 0.5) is 0 Å². The molecule has 0 heterocycles. The van der Waals surface area contributed by atoms with Crippen molar-refractivity contribution in [2.75, 3.05) is 235 Å². The second kappa shape index (κ2) is 50.5. The van der Waals surface area contributed by atoms with E-state index in [0.717, 1.165) is 49.1 Å². The van der Waals surface area contributed by atoms with Gasteiger partial charge >= 0.3 is 0 Å². The average molecular weight is 1100 g/mol. The molecule has 0 saturated carbocycles. The highest BCUT2D eigenvalue weighted by molar-refractivity contribution is 7.99. The summed E-state index contributed by atoms with van der Waals surface area (Å²) in [5.74, 6) is 4.24. The van der Waals surface area contributed by atoms with Crippen LogP contribution in [0.1, 0.15) is 90.8 Å². The minimum Gasteiger partial charge on any atom is -0.382 e. The maximum absolute atomic E-state index is 5.82. The molecule has 18 heteroatoms. The van der Waals surface area contributed by atoms with E-state index in [1.54, 1.807) is 14.2 Å². The Hall–Kier alpha value is -0.720. The molecule has 1 aromatic carbocycles. The molecule has 438 valence electrons. The molecular weight excluding hydrogens is 993 g/mol. The van der Waals surface area contributed by atoms with Gasteiger partial charge < -0.3 is 75.8 Å². The first-order valence-corrected chi connectivity index (χ1v) is 29.6. The largest absolute Gasteiger partial charge is 0.382 e. The minimum atomic E-state index is 0.0785. The van der Waals surface area contributed by atoms with Crippen molar-refractivity contribution < 1.29 is 75.8 Å². The molecule has 0 atom stereocenters. The zero-order valence-electron chi connectivity index (χ0n) is 48.0. The Morgan fingerprint density at radius 1 is 0.270 bits per heavy atom. The highest BCUT2D eigenvalue weighted by Gasteiger charge is 2.28. The van der Waals surface area contributed by atoms with Crippen LogP contribution in [0, 0.1) is 0 Å². The number of hydrogen-bond donors (Lipinski definition) is 0. The first-order chi connectivity index (χ1) is 35.9. The van der Waals surface area contributed by atoms with Gasteiger partial charge in [0.25, 0.3) is 0 Å². The molecule has 0 aromatic heterocycles. The summed E-state index contributed by atoms with van der Waals surface area (Å²) in [6, 6.07) is 7.46. The summed E-state index contributed by atoms with van der Waals surface area (Å²) in [6.07, 6.45) is 4.63. The van der Waals surface area contributed by atoms with E-state index >= 15 is 0 Å². The van der Waals surface area contributed by atoms with Crippen LogP contribution in [0.2, 0.25) is 0 Å². The Morgan fingerprint density at radius 3 is 0.689 bits per heavy atom. The summed E-state index contributed by atoms with van der Waals surface area (Å²) in [6.45, 7) is 33.6. The summed E-state index contributed by atoms with van der Waals surface area (Å²) in [4.78, 5) is 0. The summed E-state index contributed by atoms with van der Waals surface area (Å²) >= 11 is 3.95. The van der Waals surface area contributed by atoms with Gasteiger partial charge in [-0.2, -0.15) is 23.5 Å². The third-order valence-electron chi connectivity index (χ3n) is 11.6. The molecular formula is C56H106O16S2. The van der Waals surface area contributed by atoms with Crippen molar-refractivity contribution in [1.29, 1.82) is 0 Å². The maximum atomic E-state index is 5.82. The first kappa shape index (κ1) is 71.3. The van der Waals surface area contributed by atoms with Crippen molar-refractivity contribution in [1.82, 2.24) is 0 Å². The van der Waals surface area contributed by atoms with E-state index < -0.39 is 0 Å². The van der Waals surface area contributed by atoms with E-state index in [1.807, 2.05) is 23.5 Å². The summed E-state index contributed by atoms with van der Waals surface area (Å²) < 4.78 is 87.6. The summed E-state index contributed by atoms with van der Waals surface area (Å²) in [5, 5.41) is 0. The molecule has 0 aliphatic heterocycles. The maximum Gasteiger partial charge on any atom is 0.0701 e. The van der Waals surface area contributed by atoms with Gasteiger partial charge in [-0.25, -0.2) is 0 Å². The SMILES string of the molecule is COCCOCCOCCOCCOCCOCCOCCOCCSCCCC(C)(C)c1cc(C(C)(C)C)cc(C(C)(C)CCCSCCOCCOCCOCCOCCOCCOCCOCCOC)c1. The van der Waals surface area contributed by atoms with Gasteiger partial charge in [0.15, 0.2) is 0 Å². The molecule has 0 fully saturated rings. The molecule has 0 spiro atoms. The second-order valence-corrected chi connectivity index (χ2v) is 22.3. The van der Waals surface area contributed by atoms with Crippen molar-refractivity contribution in [2.24, 2.45) is 0 Å². The molecule has 0 unspecified atom stereocenters. The van der Waals surface area contributed by atoms with Crippen LogP contribution in [0.3, 0.4) is 0 Å². The number of ether oxygens (including phenoxy) is 16. The van der Waals surface area contributed by atoms with Gasteiger partial charge in [0, 0.05) is 25.7 Å². The van der Waals surface area contributed by atoms with Crippen molar-refractivity contribution in [3.05, 3.63) is 34.9 Å². The summed E-state index contributed by atoms with van der Waals surface area (Å²) in [5.41, 5.74) is 4.58. The third kappa shape index (κ3) is 44.2. The lowest BCUT2D eigenvalue weighted by atomic mass is 9.72. The van der Waals surface area contributed by atoms with Gasteiger partial charge in [0.1, 0.15) is 0 Å². The van der Waals surface area contributed by atoms with Crippen molar-refractivity contribution in [2.45, 2.75) is 90.4 Å². The van der Waals surface area contributed by atoms with Gasteiger partial charge in [-0.3, -0.25) is 0 Å². The van der Waals surface area contributed by atoms with Crippen LogP contribution in [-0.4, -0.2) is 235 Å². The molecule has 1 aromatic rings. The normalized spacial score (nSPS) is 12.4. The predicted molar refractivity (Wildman–Crippen MR) is 300 cm³/mol. The molecule has 0 amide bonds. The zero-order valence-corrected chi connectivity index (χ0v) is 49.6. The Kier molecular flexibility index (Phi) is 48.6. The van der Waals surface area contributed by atoms with Gasteiger partial charge in [0.2, 0.25) is 0 Å². The Balaban J connectivity index is 2.08. The molecule has 0 aliphatic carbocycles. The number of hydrogen-bond acceptors (Lipinski definition) is 18. The molecule has 16 nitrogen and oxygen atoms in total. The number of thioether (sulfide) groups is 2. The molecule has 0 radical (unpaired) electrons. The lowest BCUT2D eigenvalue weighted by Crippen LogP contribution is -2.24. The number of rotatable bonds is 58. The van der Waals surface area contributed by atoms with Gasteiger partial charge in [-0.15, -0.1) is 0 Å². The monoisotopic (exact) mass is 1100 g/mol. The van der Waals surface area contributed by atoms with Crippen molar-refractivity contribution in [3.8, 4) is 0 Å². The molecule has 0 bridgehead atoms. The van der Waals surface area contributed by atoms with Crippen LogP contribution in [0.25, 0.3) is 0 Å². The second-order valence-electron chi connectivity index (χ2n) is 19.8. The standard InChI is InChI=1S/C56H106O16S2/c1-54(2,3)51-48-52(55(4,5)12-10-44-73-46-42-71-40-38-69-36-34-67-32-30-65-28-26-63-24-22-61-20-18-59-16-14-57-8)50-53(49-51)56(6,7)13-11-45-74-47-43-72-41-39-70-37-35-68-33-31-66-29-27-64-25-23-62-21-19-60-17-15-58-9/h48-50H,10-47H2,1-9H3. The quantitative estimate of drug-likeness (QED) is 0.0578. The predicted octanol–water partition coefficient (Wildman–Crippen LogP) is 8.09. The van der Waals surface area contributed by atoms with E-state index in [1.165, 1.54) is 29.5 Å². The van der Waals surface area contributed by atoms with Gasteiger partial charge in [-0.05, 0) is 70.1 Å². The van der Waals surface area contributed by atoms with Crippen LogP contribution < -0.4 is 0 Å². The van der Waals surface area contributed by atoms with Crippen LogP contribution in [0.5, 0.6) is 0 Å². The van der Waals surface area contributed by atoms with Gasteiger partial charge in [-0.1, -0.05) is 66.7 Å². The van der Waals surface area contributed by atoms with Crippen LogP contribution in [0.15, 0.2) is 18.2 Å². The Bertz CT molecular complexity index is 1250. The minimum absolute atomic E-state index is 0.0785. The fraction of sp³-hybridized carbons (Fsp3) is 0.893. The Morgan fingerprint density at radius 2 is 0.473 bits per heavy atom. The first-order valence-electron chi connectivity index (χ1n) is 27.3. The van der Waals surface area contributed by atoms with Crippen LogP contribution >= 0.6 is 23.5 Å². The average Bonchev–Trinajstić information content (AvgIpc) is 3.37. The number of methoxy groups -OCH3 is 2. The smallest absolute Gasteiger partial charge is 0.0701 e. The van der Waals surface area contributed by atoms with Crippen LogP contribution in [-0.2, 0) is 92.0 Å². The van der Waals surface area contributed by atoms with E-state index in [9.17, 15) is 0 Å². The van der Waals surface area contributed by atoms with Crippen molar-refractivity contribution >= 4 is 23.5 Å².